The van der Waals surface area contributed by atoms with Crippen molar-refractivity contribution in [2.45, 2.75) is 25.2 Å². The summed E-state index contributed by atoms with van der Waals surface area (Å²) in [5, 5.41) is 3.28. The van der Waals surface area contributed by atoms with Gasteiger partial charge in [0.25, 0.3) is 0 Å². The molecule has 0 saturated heterocycles. The van der Waals surface area contributed by atoms with Crippen LogP contribution in [0.5, 0.6) is 0 Å². The molecule has 5 heteroatoms. The number of anilines is 1. The summed E-state index contributed by atoms with van der Waals surface area (Å²) in [4.78, 5) is 0.321. The topological polar surface area (TPSA) is 49.4 Å². The molecule has 102 valence electrons. The van der Waals surface area contributed by atoms with Crippen molar-refractivity contribution >= 4 is 15.7 Å². The first kappa shape index (κ1) is 15.0. The van der Waals surface area contributed by atoms with Crippen LogP contribution < -0.4 is 5.32 Å². The van der Waals surface area contributed by atoms with Gasteiger partial charge in [-0.05, 0) is 36.6 Å². The van der Waals surface area contributed by atoms with Gasteiger partial charge in [-0.25, -0.2) is 12.7 Å². The number of rotatable bonds is 6. The average Bonchev–Trinajstić information content (AvgIpc) is 2.29. The third-order valence-corrected chi connectivity index (χ3v) is 4.51. The summed E-state index contributed by atoms with van der Waals surface area (Å²) in [6.07, 6.45) is 1.09. The predicted octanol–water partition coefficient (Wildman–Crippen LogP) is 2.39. The second-order valence-corrected chi connectivity index (χ2v) is 7.07. The van der Waals surface area contributed by atoms with Crippen LogP contribution in [0, 0.1) is 5.92 Å². The molecule has 0 saturated carbocycles. The van der Waals surface area contributed by atoms with Crippen LogP contribution in [0.4, 0.5) is 5.69 Å². The lowest BCUT2D eigenvalue weighted by molar-refractivity contribution is 0.521. The minimum absolute atomic E-state index is 0.321. The summed E-state index contributed by atoms with van der Waals surface area (Å²) in [5.74, 6) is 0.658. The molecule has 4 nitrogen and oxygen atoms in total. The quantitative estimate of drug-likeness (QED) is 0.863. The van der Waals surface area contributed by atoms with Crippen molar-refractivity contribution in [2.75, 3.05) is 26.0 Å². The van der Waals surface area contributed by atoms with Gasteiger partial charge in [-0.3, -0.25) is 0 Å². The van der Waals surface area contributed by atoms with Crippen LogP contribution in [-0.4, -0.2) is 33.4 Å². The molecular formula is C13H22N2O2S. The van der Waals surface area contributed by atoms with Crippen LogP contribution in [0.1, 0.15) is 20.3 Å². The van der Waals surface area contributed by atoms with Gasteiger partial charge in [-0.1, -0.05) is 13.8 Å². The smallest absolute Gasteiger partial charge is 0.242 e. The summed E-state index contributed by atoms with van der Waals surface area (Å²) in [5.41, 5.74) is 0.952. The lowest BCUT2D eigenvalue weighted by atomic mass is 10.1. The van der Waals surface area contributed by atoms with Crippen molar-refractivity contribution in [3.8, 4) is 0 Å². The lowest BCUT2D eigenvalue weighted by Gasteiger charge is -2.12. The highest BCUT2D eigenvalue weighted by Crippen LogP contribution is 2.16. The molecule has 0 unspecified atom stereocenters. The van der Waals surface area contributed by atoms with E-state index in [1.54, 1.807) is 24.3 Å². The summed E-state index contributed by atoms with van der Waals surface area (Å²) < 4.78 is 24.9. The van der Waals surface area contributed by atoms with Crippen molar-refractivity contribution < 1.29 is 8.42 Å². The van der Waals surface area contributed by atoms with E-state index >= 15 is 0 Å². The Morgan fingerprint density at radius 3 is 2.17 bits per heavy atom. The van der Waals surface area contributed by atoms with E-state index in [9.17, 15) is 8.42 Å². The zero-order valence-electron chi connectivity index (χ0n) is 11.5. The van der Waals surface area contributed by atoms with Crippen LogP contribution in [0.3, 0.4) is 0 Å². The first-order valence-electron chi connectivity index (χ1n) is 6.10. The van der Waals surface area contributed by atoms with Gasteiger partial charge in [0.2, 0.25) is 10.0 Å². The molecular weight excluding hydrogens is 248 g/mol. The number of nitrogens with one attached hydrogen (secondary N) is 1. The molecule has 1 aromatic rings. The molecule has 0 heterocycles. The minimum Gasteiger partial charge on any atom is -0.385 e. The number of hydrogen-bond donors (Lipinski definition) is 1. The maximum Gasteiger partial charge on any atom is 0.242 e. The Kier molecular flexibility index (Phi) is 5.16. The van der Waals surface area contributed by atoms with E-state index in [0.29, 0.717) is 10.8 Å². The molecule has 0 amide bonds. The molecule has 0 radical (unpaired) electrons. The maximum absolute atomic E-state index is 11.9. The van der Waals surface area contributed by atoms with E-state index in [1.807, 2.05) is 0 Å². The van der Waals surface area contributed by atoms with Crippen LogP contribution in [0.15, 0.2) is 29.2 Å². The Balaban J connectivity index is 2.69. The molecule has 18 heavy (non-hydrogen) atoms. The molecule has 1 N–H and O–H groups in total. The zero-order chi connectivity index (χ0) is 13.8. The number of hydrogen-bond acceptors (Lipinski definition) is 3. The lowest BCUT2D eigenvalue weighted by Crippen LogP contribution is -2.22. The average molecular weight is 270 g/mol. The fourth-order valence-corrected chi connectivity index (χ4v) is 2.36. The second-order valence-electron chi connectivity index (χ2n) is 4.92. The van der Waals surface area contributed by atoms with Gasteiger partial charge in [0.05, 0.1) is 4.90 Å². The van der Waals surface area contributed by atoms with Gasteiger partial charge < -0.3 is 5.32 Å². The summed E-state index contributed by atoms with van der Waals surface area (Å²) in [6.45, 7) is 5.25. The van der Waals surface area contributed by atoms with Crippen molar-refractivity contribution in [1.29, 1.82) is 0 Å². The highest BCUT2D eigenvalue weighted by molar-refractivity contribution is 7.89. The highest BCUT2D eigenvalue weighted by Gasteiger charge is 2.16. The van der Waals surface area contributed by atoms with E-state index in [1.165, 1.54) is 18.4 Å². The normalized spacial score (nSPS) is 12.1. The monoisotopic (exact) mass is 270 g/mol. The molecule has 1 aromatic carbocycles. The standard InChI is InChI=1S/C13H22N2O2S/c1-11(2)9-10-14-12-5-7-13(8-6-12)18(16,17)15(3)4/h5-8,11,14H,9-10H2,1-4H3. The maximum atomic E-state index is 11.9. The first-order chi connectivity index (χ1) is 8.34. The number of sulfonamides is 1. The summed E-state index contributed by atoms with van der Waals surface area (Å²) in [7, 11) is -0.258. The Morgan fingerprint density at radius 2 is 1.72 bits per heavy atom. The largest absolute Gasteiger partial charge is 0.385 e. The molecule has 0 aliphatic carbocycles. The van der Waals surface area contributed by atoms with Crippen molar-refractivity contribution in [1.82, 2.24) is 4.31 Å². The molecule has 0 aromatic heterocycles. The Bertz CT molecular complexity index is 464. The Labute approximate surface area is 110 Å². The molecule has 0 bridgehead atoms. The zero-order valence-corrected chi connectivity index (χ0v) is 12.3. The number of nitrogens with zero attached hydrogens (tertiary/aromatic N) is 1. The van der Waals surface area contributed by atoms with Crippen molar-refractivity contribution in [2.24, 2.45) is 5.92 Å². The van der Waals surface area contributed by atoms with E-state index in [-0.39, 0.29) is 0 Å². The van der Waals surface area contributed by atoms with E-state index in [0.717, 1.165) is 18.7 Å². The molecule has 0 atom stereocenters. The molecule has 0 spiro atoms. The van der Waals surface area contributed by atoms with Crippen LogP contribution >= 0.6 is 0 Å². The predicted molar refractivity (Wildman–Crippen MR) is 75.3 cm³/mol. The fourth-order valence-electron chi connectivity index (χ4n) is 1.46. The van der Waals surface area contributed by atoms with Gasteiger partial charge in [-0.2, -0.15) is 0 Å². The van der Waals surface area contributed by atoms with Gasteiger partial charge in [0.1, 0.15) is 0 Å². The summed E-state index contributed by atoms with van der Waals surface area (Å²) in [6, 6.07) is 6.87. The minimum atomic E-state index is -3.32. The second kappa shape index (κ2) is 6.20. The molecule has 0 aliphatic rings. The molecule has 1 rings (SSSR count). The molecule has 0 aliphatic heterocycles. The van der Waals surface area contributed by atoms with Gasteiger partial charge in [0.15, 0.2) is 0 Å². The van der Waals surface area contributed by atoms with Crippen LogP contribution in [-0.2, 0) is 10.0 Å². The Hall–Kier alpha value is -1.07. The van der Waals surface area contributed by atoms with Gasteiger partial charge in [-0.15, -0.1) is 0 Å². The van der Waals surface area contributed by atoms with Crippen LogP contribution in [0.2, 0.25) is 0 Å². The van der Waals surface area contributed by atoms with Gasteiger partial charge in [0, 0.05) is 26.3 Å². The third kappa shape index (κ3) is 3.99. The third-order valence-electron chi connectivity index (χ3n) is 2.68. The van der Waals surface area contributed by atoms with Gasteiger partial charge >= 0.3 is 0 Å². The first-order valence-corrected chi connectivity index (χ1v) is 7.54. The highest BCUT2D eigenvalue weighted by atomic mass is 32.2. The van der Waals surface area contributed by atoms with E-state index in [2.05, 4.69) is 19.2 Å². The fraction of sp³-hybridized carbons (Fsp3) is 0.538. The Morgan fingerprint density at radius 1 is 1.17 bits per heavy atom. The SMILES string of the molecule is CC(C)CCNc1ccc(S(=O)(=O)N(C)C)cc1. The van der Waals surface area contributed by atoms with Crippen molar-refractivity contribution in [3.05, 3.63) is 24.3 Å². The van der Waals surface area contributed by atoms with Crippen LogP contribution in [0.25, 0.3) is 0 Å². The van der Waals surface area contributed by atoms with Crippen molar-refractivity contribution in [3.63, 3.8) is 0 Å². The summed E-state index contributed by atoms with van der Waals surface area (Å²) >= 11 is 0. The number of benzene rings is 1. The molecule has 0 fully saturated rings. The van der Waals surface area contributed by atoms with E-state index in [4.69, 9.17) is 0 Å². The van der Waals surface area contributed by atoms with E-state index < -0.39 is 10.0 Å².